The zero-order chi connectivity index (χ0) is 19.4. The second kappa shape index (κ2) is 7.98. The van der Waals surface area contributed by atoms with Crippen molar-refractivity contribution < 1.29 is 19.1 Å². The van der Waals surface area contributed by atoms with Crippen LogP contribution in [0.4, 0.5) is 4.79 Å². The van der Waals surface area contributed by atoms with E-state index in [2.05, 4.69) is 14.7 Å². The van der Waals surface area contributed by atoms with Gasteiger partial charge in [-0.3, -0.25) is 18.7 Å². The Bertz CT molecular complexity index is 937. The van der Waals surface area contributed by atoms with Crippen LogP contribution in [0.15, 0.2) is 9.59 Å². The monoisotopic (exact) mass is 366 g/mol. The van der Waals surface area contributed by atoms with Crippen LogP contribution in [0.25, 0.3) is 11.2 Å². The lowest BCUT2D eigenvalue weighted by atomic mass is 10.2. The number of hydrogen-bond donors (Lipinski definition) is 1. The topological polar surface area (TPSA) is 125 Å². The summed E-state index contributed by atoms with van der Waals surface area (Å²) in [7, 11) is 2.91. The van der Waals surface area contributed by atoms with Crippen molar-refractivity contribution in [1.82, 2.24) is 19.1 Å². The van der Waals surface area contributed by atoms with Gasteiger partial charge in [0.05, 0.1) is 6.61 Å². The number of rotatable bonds is 6. The van der Waals surface area contributed by atoms with Gasteiger partial charge in [0.15, 0.2) is 5.65 Å². The smallest absolute Gasteiger partial charge is 0.434 e. The van der Waals surface area contributed by atoms with Crippen LogP contribution in [-0.2, 0) is 34.8 Å². The Kier molecular flexibility index (Phi) is 5.96. The highest BCUT2D eigenvalue weighted by Gasteiger charge is 2.15. The highest BCUT2D eigenvalue weighted by molar-refractivity contribution is 5.81. The second-order valence-electron chi connectivity index (χ2n) is 6.37. The molecule has 10 nitrogen and oxygen atoms in total. The van der Waals surface area contributed by atoms with Crippen LogP contribution in [0, 0.1) is 5.92 Å². The summed E-state index contributed by atoms with van der Waals surface area (Å²) in [5.74, 6) is -0.0823. The number of hydrogen-bond acceptors (Lipinski definition) is 7. The molecule has 0 saturated heterocycles. The van der Waals surface area contributed by atoms with E-state index < -0.39 is 23.4 Å². The van der Waals surface area contributed by atoms with Crippen LogP contribution < -0.4 is 11.2 Å². The molecule has 0 unspecified atom stereocenters. The third-order valence-corrected chi connectivity index (χ3v) is 3.67. The van der Waals surface area contributed by atoms with Gasteiger partial charge in [0.1, 0.15) is 11.3 Å². The first-order valence-corrected chi connectivity index (χ1v) is 8.22. The number of imidazole rings is 1. The standard InChI is InChI=1S/C16H22N4O6/c1-9(2)8-25-16(24)26-11(21)7-5-6-10-17-12-13(18-10)19(3)15(23)20(4)14(12)22/h9H,5-8H2,1-4H3,(H,17,18). The fraction of sp³-hybridized carbons (Fsp3) is 0.562. The van der Waals surface area contributed by atoms with Crippen LogP contribution in [0.3, 0.4) is 0 Å². The summed E-state index contributed by atoms with van der Waals surface area (Å²) in [5, 5.41) is 0. The molecule has 0 aliphatic heterocycles. The van der Waals surface area contributed by atoms with E-state index in [4.69, 9.17) is 4.74 Å². The maximum Gasteiger partial charge on any atom is 0.516 e. The van der Waals surface area contributed by atoms with Crippen molar-refractivity contribution >= 4 is 23.3 Å². The molecule has 2 heterocycles. The van der Waals surface area contributed by atoms with Crippen LogP contribution in [0.5, 0.6) is 0 Å². The van der Waals surface area contributed by atoms with Gasteiger partial charge in [0.2, 0.25) is 0 Å². The molecule has 0 bridgehead atoms. The number of carbonyl (C=O) groups excluding carboxylic acids is 2. The normalized spacial score (nSPS) is 11.1. The first-order valence-electron chi connectivity index (χ1n) is 8.22. The minimum absolute atomic E-state index is 0.00916. The van der Waals surface area contributed by atoms with E-state index in [1.165, 1.54) is 18.7 Å². The highest BCUT2D eigenvalue weighted by atomic mass is 16.7. The zero-order valence-corrected chi connectivity index (χ0v) is 15.2. The Morgan fingerprint density at radius 3 is 2.54 bits per heavy atom. The molecule has 0 fully saturated rings. The zero-order valence-electron chi connectivity index (χ0n) is 15.2. The number of carbonyl (C=O) groups is 2. The molecule has 2 aromatic rings. The van der Waals surface area contributed by atoms with Gasteiger partial charge in [-0.1, -0.05) is 13.8 Å². The highest BCUT2D eigenvalue weighted by Crippen LogP contribution is 2.08. The molecule has 0 saturated carbocycles. The molecule has 0 aromatic carbocycles. The molecule has 10 heteroatoms. The minimum atomic E-state index is -1.01. The number of H-pyrrole nitrogens is 1. The van der Waals surface area contributed by atoms with E-state index in [1.807, 2.05) is 13.8 Å². The molecule has 0 aliphatic rings. The van der Waals surface area contributed by atoms with Crippen molar-refractivity contribution in [3.05, 3.63) is 26.7 Å². The average molecular weight is 366 g/mol. The number of ether oxygens (including phenoxy) is 2. The van der Waals surface area contributed by atoms with E-state index in [1.54, 1.807) is 0 Å². The number of nitrogens with one attached hydrogen (secondary N) is 1. The minimum Gasteiger partial charge on any atom is -0.434 e. The molecular formula is C16H22N4O6. The van der Waals surface area contributed by atoms with E-state index in [-0.39, 0.29) is 30.1 Å². The molecule has 0 atom stereocenters. The summed E-state index contributed by atoms with van der Waals surface area (Å²) < 4.78 is 11.6. The Morgan fingerprint density at radius 2 is 1.88 bits per heavy atom. The van der Waals surface area contributed by atoms with Crippen molar-refractivity contribution in [2.75, 3.05) is 6.61 Å². The van der Waals surface area contributed by atoms with Gasteiger partial charge in [-0.25, -0.2) is 14.6 Å². The molecule has 2 aromatic heterocycles. The van der Waals surface area contributed by atoms with Crippen molar-refractivity contribution in [2.45, 2.75) is 33.1 Å². The molecule has 142 valence electrons. The van der Waals surface area contributed by atoms with Crippen molar-refractivity contribution in [2.24, 2.45) is 20.0 Å². The van der Waals surface area contributed by atoms with E-state index in [0.717, 1.165) is 4.57 Å². The predicted octanol–water partition coefficient (Wildman–Crippen LogP) is 0.619. The third-order valence-electron chi connectivity index (χ3n) is 3.67. The Balaban J connectivity index is 1.94. The first kappa shape index (κ1) is 19.4. The van der Waals surface area contributed by atoms with E-state index in [0.29, 0.717) is 18.7 Å². The van der Waals surface area contributed by atoms with E-state index >= 15 is 0 Å². The Labute approximate surface area is 148 Å². The lowest BCUT2D eigenvalue weighted by Crippen LogP contribution is -2.36. The molecule has 2 rings (SSSR count). The Hall–Kier alpha value is -2.91. The summed E-state index contributed by atoms with van der Waals surface area (Å²) >= 11 is 0. The summed E-state index contributed by atoms with van der Waals surface area (Å²) in [4.78, 5) is 54.0. The van der Waals surface area contributed by atoms with Gasteiger partial charge in [0, 0.05) is 26.9 Å². The molecule has 1 N–H and O–H groups in total. The number of fused-ring (bicyclic) bond motifs is 1. The maximum atomic E-state index is 12.1. The first-order chi connectivity index (χ1) is 12.2. The fourth-order valence-electron chi connectivity index (χ4n) is 2.30. The summed E-state index contributed by atoms with van der Waals surface area (Å²) in [6.07, 6.45) is -0.317. The number of aryl methyl sites for hydroxylation is 2. The largest absolute Gasteiger partial charge is 0.516 e. The van der Waals surface area contributed by atoms with Crippen LogP contribution in [0.2, 0.25) is 0 Å². The quantitative estimate of drug-likeness (QED) is 0.587. The van der Waals surface area contributed by atoms with Crippen molar-refractivity contribution in [3.63, 3.8) is 0 Å². The van der Waals surface area contributed by atoms with Gasteiger partial charge >= 0.3 is 17.8 Å². The molecule has 0 aliphatic carbocycles. The molecule has 0 radical (unpaired) electrons. The van der Waals surface area contributed by atoms with Gasteiger partial charge in [0.25, 0.3) is 5.56 Å². The van der Waals surface area contributed by atoms with Crippen LogP contribution in [-0.4, -0.2) is 37.8 Å². The van der Waals surface area contributed by atoms with Gasteiger partial charge in [-0.15, -0.1) is 0 Å². The van der Waals surface area contributed by atoms with Crippen LogP contribution >= 0.6 is 0 Å². The van der Waals surface area contributed by atoms with Gasteiger partial charge in [-0.05, 0) is 12.3 Å². The van der Waals surface area contributed by atoms with Gasteiger partial charge < -0.3 is 14.5 Å². The molecular weight excluding hydrogens is 344 g/mol. The summed E-state index contributed by atoms with van der Waals surface area (Å²) in [6, 6.07) is 0. The summed E-state index contributed by atoms with van der Waals surface area (Å²) in [6.45, 7) is 3.91. The maximum absolute atomic E-state index is 12.1. The van der Waals surface area contributed by atoms with Crippen molar-refractivity contribution in [1.29, 1.82) is 0 Å². The summed E-state index contributed by atoms with van der Waals surface area (Å²) in [5.41, 5.74) is -0.449. The second-order valence-corrected chi connectivity index (χ2v) is 6.37. The third kappa shape index (κ3) is 4.38. The number of aromatic amines is 1. The van der Waals surface area contributed by atoms with E-state index in [9.17, 15) is 19.2 Å². The predicted molar refractivity (Wildman–Crippen MR) is 91.8 cm³/mol. The van der Waals surface area contributed by atoms with Crippen LogP contribution in [0.1, 0.15) is 32.5 Å². The average Bonchev–Trinajstić information content (AvgIpc) is 3.00. The lowest BCUT2D eigenvalue weighted by molar-refractivity contribution is -0.140. The number of esters is 1. The Morgan fingerprint density at radius 1 is 1.19 bits per heavy atom. The van der Waals surface area contributed by atoms with Gasteiger partial charge in [-0.2, -0.15) is 0 Å². The lowest BCUT2D eigenvalue weighted by Gasteiger charge is -2.06. The molecule has 26 heavy (non-hydrogen) atoms. The fourth-order valence-corrected chi connectivity index (χ4v) is 2.30. The molecule has 0 amide bonds. The number of aromatic nitrogens is 4. The number of nitrogens with zero attached hydrogens (tertiary/aromatic N) is 3. The van der Waals surface area contributed by atoms with Crippen molar-refractivity contribution in [3.8, 4) is 0 Å². The molecule has 0 spiro atoms. The SMILES string of the molecule is CC(C)COC(=O)OC(=O)CCCc1nc2c([nH]1)c(=O)n(C)c(=O)n2C.